The molecule has 19 heavy (non-hydrogen) atoms. The van der Waals surface area contributed by atoms with Crippen LogP contribution >= 0.6 is 0 Å². The molecule has 0 bridgehead atoms. The van der Waals surface area contributed by atoms with Crippen LogP contribution in [0.5, 0.6) is 0 Å². The molecule has 110 valence electrons. The quantitative estimate of drug-likeness (QED) is 0.518. The summed E-state index contributed by atoms with van der Waals surface area (Å²) in [5, 5.41) is 0. The zero-order valence-electron chi connectivity index (χ0n) is 11.2. The summed E-state index contributed by atoms with van der Waals surface area (Å²) in [5.74, 6) is -1.22. The largest absolute Gasteiger partial charge is 0.367 e. The van der Waals surface area contributed by atoms with Gasteiger partial charge in [0.05, 0.1) is 6.61 Å². The minimum Gasteiger partial charge on any atom is -0.367 e. The predicted molar refractivity (Wildman–Crippen MR) is 66.9 cm³/mol. The maximum atomic E-state index is 13.7. The van der Waals surface area contributed by atoms with Crippen LogP contribution in [0.15, 0.2) is 23.6 Å². The molecule has 0 aromatic rings. The van der Waals surface area contributed by atoms with E-state index < -0.39 is 36.0 Å². The fourth-order valence-electron chi connectivity index (χ4n) is 2.03. The van der Waals surface area contributed by atoms with Gasteiger partial charge in [-0.05, 0) is 12.8 Å². The Hall–Kier alpha value is -0.840. The summed E-state index contributed by atoms with van der Waals surface area (Å²) in [5.41, 5.74) is -0.429. The summed E-state index contributed by atoms with van der Waals surface area (Å²) >= 11 is 0. The van der Waals surface area contributed by atoms with Gasteiger partial charge >= 0.3 is 0 Å². The van der Waals surface area contributed by atoms with Gasteiger partial charge in [0.15, 0.2) is 18.5 Å². The van der Waals surface area contributed by atoms with Crippen molar-refractivity contribution in [3.63, 3.8) is 0 Å². The molecular weight excluding hydrogens is 260 g/mol. The zero-order valence-corrected chi connectivity index (χ0v) is 11.2. The number of rotatable bonds is 6. The molecule has 0 amide bonds. The van der Waals surface area contributed by atoms with Crippen molar-refractivity contribution in [3.8, 4) is 0 Å². The summed E-state index contributed by atoms with van der Waals surface area (Å²) in [6.45, 7) is 3.41. The van der Waals surface area contributed by atoms with Crippen molar-refractivity contribution in [2.75, 3.05) is 6.61 Å². The number of alkyl halides is 3. The van der Waals surface area contributed by atoms with Crippen molar-refractivity contribution in [2.45, 2.75) is 57.7 Å². The van der Waals surface area contributed by atoms with Gasteiger partial charge in [-0.1, -0.05) is 32.4 Å². The van der Waals surface area contributed by atoms with Crippen molar-refractivity contribution in [1.29, 1.82) is 0 Å². The molecule has 0 aliphatic heterocycles. The first-order chi connectivity index (χ1) is 9.04. The van der Waals surface area contributed by atoms with Gasteiger partial charge in [-0.3, -0.25) is 0 Å². The summed E-state index contributed by atoms with van der Waals surface area (Å²) in [6, 6.07) is 0. The number of unbranched alkanes of at least 4 members (excludes halogenated alkanes) is 1. The van der Waals surface area contributed by atoms with E-state index in [0.29, 0.717) is 0 Å². The molecule has 0 spiro atoms. The Morgan fingerprint density at radius 1 is 1.11 bits per heavy atom. The normalized spacial score (nSPS) is 32.3. The standard InChI is InChI=1S/C14H20F4O/c1-3-5-6-7-8-19-14-12(17)10(15)9(4-2)11(16)13(14)18/h6-7,10,12-14H,3-5,8H2,1-2H3. The smallest absolute Gasteiger partial charge is 0.180 e. The highest BCUT2D eigenvalue weighted by Crippen LogP contribution is 2.36. The summed E-state index contributed by atoms with van der Waals surface area (Å²) in [4.78, 5) is 0. The first-order valence-corrected chi connectivity index (χ1v) is 6.61. The maximum absolute atomic E-state index is 13.7. The van der Waals surface area contributed by atoms with E-state index in [2.05, 4.69) is 0 Å². The highest BCUT2D eigenvalue weighted by Gasteiger charge is 2.46. The van der Waals surface area contributed by atoms with E-state index >= 15 is 0 Å². The lowest BCUT2D eigenvalue weighted by molar-refractivity contribution is -0.0622. The Balaban J connectivity index is 2.67. The highest BCUT2D eigenvalue weighted by atomic mass is 19.2. The topological polar surface area (TPSA) is 9.23 Å². The monoisotopic (exact) mass is 280 g/mol. The molecule has 1 aliphatic rings. The Morgan fingerprint density at radius 3 is 2.37 bits per heavy atom. The van der Waals surface area contributed by atoms with Crippen LogP contribution in [0.1, 0.15) is 33.1 Å². The lowest BCUT2D eigenvalue weighted by Crippen LogP contribution is -2.46. The molecule has 5 heteroatoms. The number of ether oxygens (including phenoxy) is 1. The third-order valence-electron chi connectivity index (χ3n) is 3.15. The van der Waals surface area contributed by atoms with Gasteiger partial charge in [0.2, 0.25) is 0 Å². The Kier molecular flexibility index (Phi) is 6.55. The summed E-state index contributed by atoms with van der Waals surface area (Å²) in [7, 11) is 0. The molecule has 0 N–H and O–H groups in total. The van der Waals surface area contributed by atoms with Crippen molar-refractivity contribution in [1.82, 2.24) is 0 Å². The third-order valence-corrected chi connectivity index (χ3v) is 3.15. The van der Waals surface area contributed by atoms with Crippen LogP contribution < -0.4 is 0 Å². The zero-order chi connectivity index (χ0) is 14.4. The van der Waals surface area contributed by atoms with Crippen LogP contribution in [0.3, 0.4) is 0 Å². The minimum atomic E-state index is -2.23. The number of halogens is 4. The molecule has 0 saturated carbocycles. The van der Waals surface area contributed by atoms with E-state index in [1.165, 1.54) is 6.92 Å². The molecule has 0 radical (unpaired) electrons. The second kappa shape index (κ2) is 7.68. The number of hydrogen-bond donors (Lipinski definition) is 0. The molecule has 4 atom stereocenters. The van der Waals surface area contributed by atoms with Crippen LogP contribution in [0.2, 0.25) is 0 Å². The summed E-state index contributed by atoms with van der Waals surface area (Å²) < 4.78 is 59.5. The summed E-state index contributed by atoms with van der Waals surface area (Å²) in [6.07, 6.45) is -3.09. The van der Waals surface area contributed by atoms with E-state index in [9.17, 15) is 17.6 Å². The Bertz CT molecular complexity index is 340. The average molecular weight is 280 g/mol. The fraction of sp³-hybridized carbons (Fsp3) is 0.714. The van der Waals surface area contributed by atoms with Gasteiger partial charge in [-0.15, -0.1) is 0 Å². The van der Waals surface area contributed by atoms with Crippen molar-refractivity contribution >= 4 is 0 Å². The molecular formula is C14H20F4O. The molecule has 0 saturated heterocycles. The molecule has 0 aromatic heterocycles. The van der Waals surface area contributed by atoms with Gasteiger partial charge in [0, 0.05) is 5.57 Å². The van der Waals surface area contributed by atoms with Crippen LogP contribution in [0.4, 0.5) is 17.6 Å². The van der Waals surface area contributed by atoms with Gasteiger partial charge in [0.1, 0.15) is 11.9 Å². The van der Waals surface area contributed by atoms with Gasteiger partial charge in [0.25, 0.3) is 0 Å². The fourth-order valence-corrected chi connectivity index (χ4v) is 2.03. The molecule has 0 aromatic carbocycles. The highest BCUT2D eigenvalue weighted by molar-refractivity contribution is 5.25. The first-order valence-electron chi connectivity index (χ1n) is 6.61. The second-order valence-electron chi connectivity index (χ2n) is 4.53. The van der Waals surface area contributed by atoms with E-state index in [-0.39, 0.29) is 13.0 Å². The predicted octanol–water partition coefficient (Wildman–Crippen LogP) is 4.39. The molecule has 4 unspecified atom stereocenters. The van der Waals surface area contributed by atoms with E-state index in [4.69, 9.17) is 4.74 Å². The molecule has 1 nitrogen and oxygen atoms in total. The number of hydrogen-bond acceptors (Lipinski definition) is 1. The van der Waals surface area contributed by atoms with Crippen LogP contribution in [-0.2, 0) is 4.74 Å². The van der Waals surface area contributed by atoms with E-state index in [1.807, 2.05) is 6.92 Å². The van der Waals surface area contributed by atoms with E-state index in [0.717, 1.165) is 12.8 Å². The van der Waals surface area contributed by atoms with Crippen molar-refractivity contribution in [2.24, 2.45) is 0 Å². The van der Waals surface area contributed by atoms with Gasteiger partial charge in [-0.25, -0.2) is 17.6 Å². The van der Waals surface area contributed by atoms with Crippen molar-refractivity contribution in [3.05, 3.63) is 23.6 Å². The first kappa shape index (κ1) is 16.2. The third kappa shape index (κ3) is 3.81. The maximum Gasteiger partial charge on any atom is 0.180 e. The lowest BCUT2D eigenvalue weighted by Gasteiger charge is -2.32. The minimum absolute atomic E-state index is 0.0447. The Morgan fingerprint density at radius 2 is 1.79 bits per heavy atom. The van der Waals surface area contributed by atoms with Gasteiger partial charge < -0.3 is 4.74 Å². The number of allylic oxidation sites excluding steroid dienone is 2. The SMILES string of the molecule is CCCC=CCOC1C(F)C(F)=C(CC)C(F)C1F. The van der Waals surface area contributed by atoms with E-state index in [1.54, 1.807) is 12.2 Å². The van der Waals surface area contributed by atoms with Crippen LogP contribution in [0, 0.1) is 0 Å². The molecule has 0 fully saturated rings. The molecule has 1 rings (SSSR count). The van der Waals surface area contributed by atoms with Crippen LogP contribution in [-0.4, -0.2) is 31.2 Å². The average Bonchev–Trinajstić information content (AvgIpc) is 2.40. The van der Waals surface area contributed by atoms with Crippen molar-refractivity contribution < 1.29 is 22.3 Å². The second-order valence-corrected chi connectivity index (χ2v) is 4.53. The molecule has 0 heterocycles. The Labute approximate surface area is 111 Å². The molecule has 1 aliphatic carbocycles. The van der Waals surface area contributed by atoms with Gasteiger partial charge in [-0.2, -0.15) is 0 Å². The lowest BCUT2D eigenvalue weighted by atomic mass is 9.89. The van der Waals surface area contributed by atoms with Crippen LogP contribution in [0.25, 0.3) is 0 Å².